The van der Waals surface area contributed by atoms with Gasteiger partial charge in [-0.1, -0.05) is 28.1 Å². The molecule has 0 N–H and O–H groups in total. The maximum atomic E-state index is 10.9. The van der Waals surface area contributed by atoms with Gasteiger partial charge in [0.2, 0.25) is 0 Å². The number of carboxylic acids is 1. The molecular formula is C15H14BrN2O2S-. The van der Waals surface area contributed by atoms with Gasteiger partial charge in [-0.25, -0.2) is 4.98 Å². The molecule has 110 valence electrons. The molecule has 1 aliphatic heterocycles. The lowest BCUT2D eigenvalue weighted by molar-refractivity contribution is -0.312. The molecule has 1 saturated heterocycles. The van der Waals surface area contributed by atoms with Crippen molar-refractivity contribution in [1.29, 1.82) is 0 Å². The number of anilines is 1. The minimum absolute atomic E-state index is 0.313. The van der Waals surface area contributed by atoms with Gasteiger partial charge in [-0.2, -0.15) is 0 Å². The summed E-state index contributed by atoms with van der Waals surface area (Å²) >= 11 is 5.03. The number of thiazole rings is 1. The molecule has 1 aromatic heterocycles. The van der Waals surface area contributed by atoms with Crippen molar-refractivity contribution in [2.75, 3.05) is 18.0 Å². The fourth-order valence-electron chi connectivity index (χ4n) is 2.47. The Morgan fingerprint density at radius 1 is 1.29 bits per heavy atom. The largest absolute Gasteiger partial charge is 0.550 e. The van der Waals surface area contributed by atoms with Crippen LogP contribution >= 0.6 is 27.3 Å². The van der Waals surface area contributed by atoms with E-state index in [1.165, 1.54) is 0 Å². The number of rotatable bonds is 3. The van der Waals surface area contributed by atoms with Crippen molar-refractivity contribution in [2.45, 2.75) is 12.8 Å². The molecule has 1 aliphatic rings. The third-order valence-corrected chi connectivity index (χ3v) is 5.16. The minimum Gasteiger partial charge on any atom is -0.550 e. The molecule has 0 saturated carbocycles. The number of carboxylic acid groups (broad SMARTS) is 1. The van der Waals surface area contributed by atoms with E-state index in [0.29, 0.717) is 12.8 Å². The van der Waals surface area contributed by atoms with Crippen LogP contribution in [0.2, 0.25) is 0 Å². The standard InChI is InChI=1S/C15H15BrN2O2S/c16-12-3-1-10(2-4-12)13-9-21-15(17-13)18-7-5-11(6-8-18)14(19)20/h1-4,9,11H,5-8H2,(H,19,20)/p-1. The topological polar surface area (TPSA) is 56.3 Å². The van der Waals surface area contributed by atoms with Crippen molar-refractivity contribution in [2.24, 2.45) is 5.92 Å². The smallest absolute Gasteiger partial charge is 0.185 e. The summed E-state index contributed by atoms with van der Waals surface area (Å²) in [7, 11) is 0. The summed E-state index contributed by atoms with van der Waals surface area (Å²) in [6.07, 6.45) is 1.27. The van der Waals surface area contributed by atoms with E-state index in [-0.39, 0.29) is 5.92 Å². The van der Waals surface area contributed by atoms with E-state index in [1.54, 1.807) is 11.3 Å². The first-order valence-corrected chi connectivity index (χ1v) is 8.48. The minimum atomic E-state index is -0.927. The highest BCUT2D eigenvalue weighted by molar-refractivity contribution is 9.10. The third kappa shape index (κ3) is 3.27. The monoisotopic (exact) mass is 365 g/mol. The Bertz CT molecular complexity index is 633. The number of hydrogen-bond acceptors (Lipinski definition) is 5. The van der Waals surface area contributed by atoms with Crippen LogP contribution in [-0.2, 0) is 4.79 Å². The van der Waals surface area contributed by atoms with Crippen LogP contribution in [0.25, 0.3) is 11.3 Å². The fraction of sp³-hybridized carbons (Fsp3) is 0.333. The van der Waals surface area contributed by atoms with Gasteiger partial charge >= 0.3 is 0 Å². The van der Waals surface area contributed by atoms with E-state index in [0.717, 1.165) is 34.0 Å². The van der Waals surface area contributed by atoms with Crippen molar-refractivity contribution >= 4 is 38.4 Å². The zero-order valence-electron chi connectivity index (χ0n) is 11.3. The molecule has 0 atom stereocenters. The van der Waals surface area contributed by atoms with Gasteiger partial charge in [-0.15, -0.1) is 11.3 Å². The van der Waals surface area contributed by atoms with E-state index in [2.05, 4.69) is 25.8 Å². The summed E-state index contributed by atoms with van der Waals surface area (Å²) in [5, 5.41) is 13.9. The zero-order chi connectivity index (χ0) is 14.8. The van der Waals surface area contributed by atoms with Crippen LogP contribution in [0, 0.1) is 5.92 Å². The van der Waals surface area contributed by atoms with E-state index in [9.17, 15) is 9.90 Å². The second kappa shape index (κ2) is 6.15. The first-order chi connectivity index (χ1) is 10.1. The summed E-state index contributed by atoms with van der Waals surface area (Å²) in [4.78, 5) is 17.7. The molecular weight excluding hydrogens is 352 g/mol. The van der Waals surface area contributed by atoms with Crippen molar-refractivity contribution in [1.82, 2.24) is 4.98 Å². The predicted molar refractivity (Wildman–Crippen MR) is 85.2 cm³/mol. The number of aromatic nitrogens is 1. The van der Waals surface area contributed by atoms with Crippen LogP contribution in [0.5, 0.6) is 0 Å². The van der Waals surface area contributed by atoms with Gasteiger partial charge in [-0.3, -0.25) is 0 Å². The van der Waals surface area contributed by atoms with Gasteiger partial charge in [-0.05, 0) is 25.0 Å². The number of carbonyl (C=O) groups excluding carboxylic acids is 1. The lowest BCUT2D eigenvalue weighted by atomic mass is 9.98. The molecule has 0 radical (unpaired) electrons. The highest BCUT2D eigenvalue weighted by atomic mass is 79.9. The number of aliphatic carboxylic acids is 1. The summed E-state index contributed by atoms with van der Waals surface area (Å²) in [6, 6.07) is 8.07. The van der Waals surface area contributed by atoms with Crippen LogP contribution in [-0.4, -0.2) is 24.0 Å². The van der Waals surface area contributed by atoms with Gasteiger partial charge in [0.05, 0.1) is 5.69 Å². The Kier molecular flexibility index (Phi) is 4.26. The van der Waals surface area contributed by atoms with Crippen molar-refractivity contribution < 1.29 is 9.90 Å². The zero-order valence-corrected chi connectivity index (χ0v) is 13.7. The quantitative estimate of drug-likeness (QED) is 0.838. The second-order valence-electron chi connectivity index (χ2n) is 5.10. The molecule has 1 fully saturated rings. The van der Waals surface area contributed by atoms with Gasteiger partial charge in [0, 0.05) is 40.4 Å². The van der Waals surface area contributed by atoms with Gasteiger partial charge in [0.25, 0.3) is 0 Å². The first kappa shape index (κ1) is 14.5. The number of benzene rings is 1. The Morgan fingerprint density at radius 2 is 1.95 bits per heavy atom. The number of halogens is 1. The van der Waals surface area contributed by atoms with E-state index < -0.39 is 5.97 Å². The maximum absolute atomic E-state index is 10.9. The summed E-state index contributed by atoms with van der Waals surface area (Å²) in [5.41, 5.74) is 2.05. The average molecular weight is 366 g/mol. The highest BCUT2D eigenvalue weighted by Crippen LogP contribution is 2.30. The molecule has 0 bridgehead atoms. The van der Waals surface area contributed by atoms with Crippen LogP contribution in [0.1, 0.15) is 12.8 Å². The van der Waals surface area contributed by atoms with Crippen molar-refractivity contribution in [3.05, 3.63) is 34.1 Å². The van der Waals surface area contributed by atoms with Crippen molar-refractivity contribution in [3.63, 3.8) is 0 Å². The number of carbonyl (C=O) groups is 1. The van der Waals surface area contributed by atoms with Gasteiger partial charge < -0.3 is 14.8 Å². The molecule has 2 heterocycles. The van der Waals surface area contributed by atoms with E-state index >= 15 is 0 Å². The van der Waals surface area contributed by atoms with Gasteiger partial charge in [0.15, 0.2) is 5.13 Å². The van der Waals surface area contributed by atoms with Crippen LogP contribution in [0.15, 0.2) is 34.1 Å². The van der Waals surface area contributed by atoms with Crippen LogP contribution < -0.4 is 10.0 Å². The van der Waals surface area contributed by atoms with E-state index in [1.807, 2.05) is 29.6 Å². The Balaban J connectivity index is 1.71. The molecule has 2 aromatic rings. The Labute approximate surface area is 135 Å². The molecule has 0 amide bonds. The average Bonchev–Trinajstić information content (AvgIpc) is 2.98. The third-order valence-electron chi connectivity index (χ3n) is 3.73. The predicted octanol–water partition coefficient (Wildman–Crippen LogP) is 2.54. The highest BCUT2D eigenvalue weighted by Gasteiger charge is 2.22. The molecule has 0 aliphatic carbocycles. The first-order valence-electron chi connectivity index (χ1n) is 6.81. The number of hydrogen-bond donors (Lipinski definition) is 0. The second-order valence-corrected chi connectivity index (χ2v) is 6.85. The molecule has 4 nitrogen and oxygen atoms in total. The molecule has 0 unspecified atom stereocenters. The maximum Gasteiger partial charge on any atom is 0.185 e. The SMILES string of the molecule is O=C([O-])C1CCN(c2nc(-c3ccc(Br)cc3)cs2)CC1. The van der Waals surface area contributed by atoms with Crippen LogP contribution in [0.4, 0.5) is 5.13 Å². The van der Waals surface area contributed by atoms with Gasteiger partial charge in [0.1, 0.15) is 0 Å². The molecule has 1 aromatic carbocycles. The summed E-state index contributed by atoms with van der Waals surface area (Å²) in [5.74, 6) is -1.24. The normalized spacial score (nSPS) is 16.1. The van der Waals surface area contributed by atoms with Crippen molar-refractivity contribution in [3.8, 4) is 11.3 Å². The molecule has 21 heavy (non-hydrogen) atoms. The Hall–Kier alpha value is -1.40. The number of nitrogens with zero attached hydrogens (tertiary/aromatic N) is 2. The number of piperidine rings is 1. The molecule has 3 rings (SSSR count). The van der Waals surface area contributed by atoms with Crippen LogP contribution in [0.3, 0.4) is 0 Å². The lowest BCUT2D eigenvalue weighted by Gasteiger charge is -2.32. The summed E-state index contributed by atoms with van der Waals surface area (Å²) in [6.45, 7) is 1.46. The lowest BCUT2D eigenvalue weighted by Crippen LogP contribution is -2.41. The fourth-order valence-corrected chi connectivity index (χ4v) is 3.62. The van der Waals surface area contributed by atoms with E-state index in [4.69, 9.17) is 0 Å². The summed E-state index contributed by atoms with van der Waals surface area (Å²) < 4.78 is 1.05. The molecule has 6 heteroatoms. The molecule has 0 spiro atoms. The Morgan fingerprint density at radius 3 is 2.57 bits per heavy atom.